The highest BCUT2D eigenvalue weighted by Gasteiger charge is 2.46. The van der Waals surface area contributed by atoms with E-state index in [0.29, 0.717) is 35.4 Å². The first-order valence-electron chi connectivity index (χ1n) is 21.5. The van der Waals surface area contributed by atoms with Crippen LogP contribution >= 0.6 is 0 Å². The van der Waals surface area contributed by atoms with Crippen LogP contribution in [0, 0.1) is 23.7 Å². The van der Waals surface area contributed by atoms with E-state index in [4.69, 9.17) is 39.1 Å². The van der Waals surface area contributed by atoms with Gasteiger partial charge in [-0.25, -0.2) is 0 Å². The van der Waals surface area contributed by atoms with Gasteiger partial charge < -0.3 is 18.9 Å². The Bertz CT molecular complexity index is 2280. The molecule has 6 saturated heterocycles. The summed E-state index contributed by atoms with van der Waals surface area (Å²) in [7, 11) is 3.42. The predicted molar refractivity (Wildman–Crippen MR) is 227 cm³/mol. The van der Waals surface area contributed by atoms with Crippen LogP contribution in [0.2, 0.25) is 0 Å². The molecule has 0 N–H and O–H groups in total. The lowest BCUT2D eigenvalue weighted by Crippen LogP contribution is -2.56. The summed E-state index contributed by atoms with van der Waals surface area (Å²) in [5, 5.41) is 13.7. The molecule has 6 aliphatic heterocycles. The van der Waals surface area contributed by atoms with Crippen molar-refractivity contribution in [1.29, 1.82) is 0 Å². The van der Waals surface area contributed by atoms with Crippen molar-refractivity contribution in [2.45, 2.75) is 76.7 Å². The minimum Gasteiger partial charge on any atom is -0.497 e. The standard InChI is InChI=1S/C48H54N6O4/c1-5-29-27-53-21-17-31(29)23-43(53)45(35-15-19-49-41-13-11-33(55-3)25-39(35)41)57-47-37-9-7-8-10-38(37)48(52-51-47)58-46(44-24-32-18-22-54(44)28-30(32)6-2)36-16-20-50-42-14-12-34(56-4)26-40(36)42/h7-16,19-20,25-26,29-32,43-46H,5-6,17-18,21-24,27-28H2,1-4H3/t29?,30?,31?,32?,43?,44?,45-,46-/m0/s1. The lowest BCUT2D eigenvalue weighted by molar-refractivity contribution is -0.0505. The number of aromatic nitrogens is 4. The molecule has 10 nitrogen and oxygen atoms in total. The minimum absolute atomic E-state index is 0.180. The average Bonchev–Trinajstić information content (AvgIpc) is 3.29. The summed E-state index contributed by atoms with van der Waals surface area (Å²) in [6.07, 6.45) is 10.2. The Labute approximate surface area is 340 Å². The third-order valence-electron chi connectivity index (χ3n) is 14.3. The van der Waals surface area contributed by atoms with Crippen molar-refractivity contribution in [2.75, 3.05) is 40.4 Å². The molecule has 3 aromatic carbocycles. The molecule has 300 valence electrons. The van der Waals surface area contributed by atoms with Crippen molar-refractivity contribution in [2.24, 2.45) is 23.7 Å². The molecule has 58 heavy (non-hydrogen) atoms. The number of hydrogen-bond acceptors (Lipinski definition) is 10. The Hall–Kier alpha value is -5.06. The van der Waals surface area contributed by atoms with Crippen LogP contribution in [0.1, 0.15) is 75.7 Å². The van der Waals surface area contributed by atoms with Gasteiger partial charge in [-0.1, -0.05) is 38.8 Å². The number of rotatable bonds is 12. The van der Waals surface area contributed by atoms with Gasteiger partial charge in [-0.15, -0.1) is 10.2 Å². The van der Waals surface area contributed by atoms with Crippen LogP contribution in [-0.4, -0.2) is 82.4 Å². The van der Waals surface area contributed by atoms with E-state index in [0.717, 1.165) is 94.2 Å². The maximum atomic E-state index is 7.30. The lowest BCUT2D eigenvalue weighted by Gasteiger charge is -2.52. The zero-order valence-corrected chi connectivity index (χ0v) is 34.1. The van der Waals surface area contributed by atoms with E-state index in [1.807, 2.05) is 36.7 Å². The van der Waals surface area contributed by atoms with E-state index in [-0.39, 0.29) is 24.3 Å². The maximum Gasteiger partial charge on any atom is 0.242 e. The summed E-state index contributed by atoms with van der Waals surface area (Å²) in [6, 6.07) is 25.1. The quantitative estimate of drug-likeness (QED) is 0.120. The van der Waals surface area contributed by atoms with Crippen LogP contribution in [0.4, 0.5) is 0 Å². The summed E-state index contributed by atoms with van der Waals surface area (Å²) < 4.78 is 26.0. The molecule has 6 aliphatic rings. The molecule has 8 unspecified atom stereocenters. The van der Waals surface area contributed by atoms with Crippen molar-refractivity contribution in [3.8, 4) is 23.3 Å². The summed E-state index contributed by atoms with van der Waals surface area (Å²) in [6.45, 7) is 9.00. The molecule has 6 fully saturated rings. The topological polar surface area (TPSA) is 95.0 Å². The van der Waals surface area contributed by atoms with Crippen LogP contribution in [0.15, 0.2) is 85.2 Å². The molecule has 10 heteroatoms. The summed E-state index contributed by atoms with van der Waals surface area (Å²) in [4.78, 5) is 14.8. The number of pyridine rings is 2. The molecule has 12 rings (SSSR count). The van der Waals surface area contributed by atoms with Gasteiger partial charge in [0.1, 0.15) is 23.7 Å². The van der Waals surface area contributed by atoms with E-state index >= 15 is 0 Å². The van der Waals surface area contributed by atoms with E-state index in [9.17, 15) is 0 Å². The number of benzene rings is 3. The second kappa shape index (κ2) is 15.6. The first-order valence-corrected chi connectivity index (χ1v) is 21.5. The molecule has 9 heterocycles. The fraction of sp³-hybridized carbons (Fsp3) is 0.458. The second-order valence-corrected chi connectivity index (χ2v) is 17.0. The molecular weight excluding hydrogens is 725 g/mol. The highest BCUT2D eigenvalue weighted by atomic mass is 16.5. The van der Waals surface area contributed by atoms with Crippen molar-refractivity contribution in [3.05, 3.63) is 96.3 Å². The van der Waals surface area contributed by atoms with E-state index in [1.165, 1.54) is 25.7 Å². The van der Waals surface area contributed by atoms with E-state index in [1.54, 1.807) is 14.2 Å². The number of methoxy groups -OCH3 is 2. The molecule has 0 saturated carbocycles. The zero-order valence-electron chi connectivity index (χ0n) is 34.1. The van der Waals surface area contributed by atoms with Gasteiger partial charge in [0.15, 0.2) is 0 Å². The van der Waals surface area contributed by atoms with Gasteiger partial charge in [-0.05, 0) is 123 Å². The highest BCUT2D eigenvalue weighted by molar-refractivity contribution is 5.91. The van der Waals surface area contributed by atoms with Crippen LogP contribution < -0.4 is 18.9 Å². The van der Waals surface area contributed by atoms with Gasteiger partial charge in [0, 0.05) is 47.4 Å². The molecule has 0 radical (unpaired) electrons. The van der Waals surface area contributed by atoms with Crippen LogP contribution in [0.25, 0.3) is 32.6 Å². The predicted octanol–water partition coefficient (Wildman–Crippen LogP) is 9.22. The first kappa shape index (κ1) is 37.2. The fourth-order valence-electron chi connectivity index (χ4n) is 11.1. The van der Waals surface area contributed by atoms with E-state index < -0.39 is 0 Å². The van der Waals surface area contributed by atoms with Crippen molar-refractivity contribution in [1.82, 2.24) is 30.0 Å². The number of piperidine rings is 6. The van der Waals surface area contributed by atoms with Crippen LogP contribution in [0.5, 0.6) is 23.3 Å². The number of fused-ring (bicyclic) bond motifs is 9. The second-order valence-electron chi connectivity index (χ2n) is 17.0. The monoisotopic (exact) mass is 778 g/mol. The molecule has 0 spiro atoms. The Morgan fingerprint density at radius 1 is 0.603 bits per heavy atom. The third kappa shape index (κ3) is 6.58. The van der Waals surface area contributed by atoms with Crippen molar-refractivity contribution in [3.63, 3.8) is 0 Å². The SMILES string of the molecule is CCC1CN2CCC1CC2[C@@H](Oc1nnc(O[C@@H](c2ccnc3ccc(OC)cc23)C2CC3CCN2CC3CC)c2ccccc12)c1ccnc2ccc(OC)cc12. The molecule has 4 bridgehead atoms. The Morgan fingerprint density at radius 3 is 1.47 bits per heavy atom. The molecule has 0 amide bonds. The van der Waals surface area contributed by atoms with Gasteiger partial charge in [0.2, 0.25) is 11.8 Å². The van der Waals surface area contributed by atoms with Crippen molar-refractivity contribution < 1.29 is 18.9 Å². The molecule has 0 aliphatic carbocycles. The van der Waals surface area contributed by atoms with E-state index in [2.05, 4.69) is 72.2 Å². The summed E-state index contributed by atoms with van der Waals surface area (Å²) in [5.74, 6) is 5.39. The first-order chi connectivity index (χ1) is 28.5. The molecule has 10 atom stereocenters. The smallest absolute Gasteiger partial charge is 0.242 e. The Kier molecular flexibility index (Phi) is 10.0. The van der Waals surface area contributed by atoms with Gasteiger partial charge in [0.05, 0.1) is 48.1 Å². The van der Waals surface area contributed by atoms with Crippen LogP contribution in [-0.2, 0) is 0 Å². The summed E-state index contributed by atoms with van der Waals surface area (Å²) >= 11 is 0. The third-order valence-corrected chi connectivity index (χ3v) is 14.3. The number of nitrogens with zero attached hydrogens (tertiary/aromatic N) is 6. The molecule has 6 aromatic rings. The van der Waals surface area contributed by atoms with Gasteiger partial charge >= 0.3 is 0 Å². The van der Waals surface area contributed by atoms with Gasteiger partial charge in [-0.2, -0.15) is 0 Å². The normalized spacial score (nSPS) is 27.4. The fourth-order valence-corrected chi connectivity index (χ4v) is 11.1. The minimum atomic E-state index is -0.300. The van der Waals surface area contributed by atoms with Crippen LogP contribution in [0.3, 0.4) is 0 Å². The molecular formula is C48H54N6O4. The largest absolute Gasteiger partial charge is 0.497 e. The maximum absolute atomic E-state index is 7.30. The number of ether oxygens (including phenoxy) is 4. The Balaban J connectivity index is 1.06. The van der Waals surface area contributed by atoms with Gasteiger partial charge in [0.25, 0.3) is 0 Å². The average molecular weight is 779 g/mol. The highest BCUT2D eigenvalue weighted by Crippen LogP contribution is 2.47. The lowest BCUT2D eigenvalue weighted by atomic mass is 9.72. The summed E-state index contributed by atoms with van der Waals surface area (Å²) in [5.41, 5.74) is 4.01. The molecule has 3 aromatic heterocycles. The Morgan fingerprint density at radius 2 is 1.07 bits per heavy atom. The zero-order chi connectivity index (χ0) is 39.3. The number of hydrogen-bond donors (Lipinski definition) is 0. The van der Waals surface area contributed by atoms with Crippen molar-refractivity contribution >= 4 is 32.6 Å². The van der Waals surface area contributed by atoms with Gasteiger partial charge in [-0.3, -0.25) is 19.8 Å².